The van der Waals surface area contributed by atoms with Gasteiger partial charge in [-0.2, -0.15) is 0 Å². The number of hydrogen-bond donors (Lipinski definition) is 1. The summed E-state index contributed by atoms with van der Waals surface area (Å²) in [6.45, 7) is 2.13. The predicted molar refractivity (Wildman–Crippen MR) is 54.5 cm³/mol. The second-order valence-electron chi connectivity index (χ2n) is 5.13. The van der Waals surface area contributed by atoms with E-state index in [1.165, 1.54) is 32.1 Å². The van der Waals surface area contributed by atoms with Gasteiger partial charge in [0.15, 0.2) is 0 Å². The van der Waals surface area contributed by atoms with E-state index in [1.54, 1.807) is 0 Å². The van der Waals surface area contributed by atoms with Crippen LogP contribution in [0.2, 0.25) is 0 Å². The molecule has 0 spiro atoms. The summed E-state index contributed by atoms with van der Waals surface area (Å²) in [5, 5.41) is 10.2. The molecule has 2 aliphatic rings. The van der Waals surface area contributed by atoms with Crippen molar-refractivity contribution in [3.63, 3.8) is 0 Å². The lowest BCUT2D eigenvalue weighted by Gasteiger charge is -2.43. The molecule has 1 heteroatoms. The number of hydrogen-bond acceptors (Lipinski definition) is 1. The van der Waals surface area contributed by atoms with Crippen LogP contribution in [-0.2, 0) is 0 Å². The highest BCUT2D eigenvalue weighted by Crippen LogP contribution is 2.45. The molecule has 0 saturated heterocycles. The second-order valence-corrected chi connectivity index (χ2v) is 5.13. The highest BCUT2D eigenvalue weighted by molar-refractivity contribution is 4.90. The van der Waals surface area contributed by atoms with Gasteiger partial charge < -0.3 is 5.11 Å². The van der Waals surface area contributed by atoms with Gasteiger partial charge in [-0.3, -0.25) is 0 Å². The molecule has 2 rings (SSSR count). The maximum Gasteiger partial charge on any atom is 0.0648 e. The zero-order chi connectivity index (χ0) is 9.31. The summed E-state index contributed by atoms with van der Waals surface area (Å²) in [6, 6.07) is 0. The third-order valence-corrected chi connectivity index (χ3v) is 4.35. The van der Waals surface area contributed by atoms with Crippen LogP contribution < -0.4 is 0 Å². The van der Waals surface area contributed by atoms with Crippen LogP contribution in [0, 0.1) is 11.8 Å². The molecule has 3 atom stereocenters. The van der Waals surface area contributed by atoms with Crippen LogP contribution in [-0.4, -0.2) is 10.7 Å². The van der Waals surface area contributed by atoms with Gasteiger partial charge in [-0.05, 0) is 37.5 Å². The normalized spacial score (nSPS) is 45.7. The van der Waals surface area contributed by atoms with Crippen molar-refractivity contribution in [3.8, 4) is 0 Å². The molecule has 3 unspecified atom stereocenters. The van der Waals surface area contributed by atoms with Crippen molar-refractivity contribution in [2.75, 3.05) is 0 Å². The molecule has 2 fully saturated rings. The molecule has 0 heterocycles. The van der Waals surface area contributed by atoms with Crippen molar-refractivity contribution in [2.24, 2.45) is 11.8 Å². The summed E-state index contributed by atoms with van der Waals surface area (Å²) in [5.41, 5.74) is -0.293. The highest BCUT2D eigenvalue weighted by atomic mass is 16.3. The van der Waals surface area contributed by atoms with Gasteiger partial charge in [-0.1, -0.05) is 32.6 Å². The van der Waals surface area contributed by atoms with Crippen LogP contribution in [0.1, 0.15) is 58.3 Å². The van der Waals surface area contributed by atoms with Crippen LogP contribution in [0.5, 0.6) is 0 Å². The molecule has 0 radical (unpaired) electrons. The Morgan fingerprint density at radius 3 is 2.54 bits per heavy atom. The van der Waals surface area contributed by atoms with Crippen LogP contribution in [0.3, 0.4) is 0 Å². The maximum atomic E-state index is 10.2. The highest BCUT2D eigenvalue weighted by Gasteiger charge is 2.38. The average molecular weight is 182 g/mol. The van der Waals surface area contributed by atoms with Gasteiger partial charge in [-0.25, -0.2) is 0 Å². The fraction of sp³-hybridized carbons (Fsp3) is 1.00. The van der Waals surface area contributed by atoms with E-state index in [4.69, 9.17) is 0 Å². The molecule has 0 bridgehead atoms. The number of fused-ring (bicyclic) bond motifs is 1. The zero-order valence-electron chi connectivity index (χ0n) is 8.76. The van der Waals surface area contributed by atoms with Crippen molar-refractivity contribution in [3.05, 3.63) is 0 Å². The smallest absolute Gasteiger partial charge is 0.0648 e. The molecule has 0 aromatic heterocycles. The topological polar surface area (TPSA) is 20.2 Å². The van der Waals surface area contributed by atoms with Gasteiger partial charge >= 0.3 is 0 Å². The van der Waals surface area contributed by atoms with E-state index in [9.17, 15) is 5.11 Å². The van der Waals surface area contributed by atoms with E-state index in [0.717, 1.165) is 31.1 Å². The van der Waals surface area contributed by atoms with Crippen molar-refractivity contribution in [1.29, 1.82) is 0 Å². The molecular weight excluding hydrogens is 160 g/mol. The SMILES string of the molecule is CCC1(O)CCC2CCCCC2C1. The molecule has 0 aromatic rings. The van der Waals surface area contributed by atoms with Gasteiger partial charge in [0.25, 0.3) is 0 Å². The van der Waals surface area contributed by atoms with Gasteiger partial charge in [0.2, 0.25) is 0 Å². The Balaban J connectivity index is 1.98. The lowest BCUT2D eigenvalue weighted by atomic mass is 9.65. The molecule has 0 amide bonds. The Labute approximate surface area is 81.5 Å². The molecule has 1 N–H and O–H groups in total. The molecule has 1 nitrogen and oxygen atoms in total. The van der Waals surface area contributed by atoms with Gasteiger partial charge in [0, 0.05) is 0 Å². The first-order chi connectivity index (χ1) is 6.23. The van der Waals surface area contributed by atoms with E-state index < -0.39 is 0 Å². The summed E-state index contributed by atoms with van der Waals surface area (Å²) in [5.74, 6) is 1.81. The first-order valence-electron chi connectivity index (χ1n) is 5.96. The minimum absolute atomic E-state index is 0.293. The van der Waals surface area contributed by atoms with Gasteiger partial charge in [0.05, 0.1) is 5.60 Å². The first-order valence-corrected chi connectivity index (χ1v) is 5.96. The third kappa shape index (κ3) is 1.90. The largest absolute Gasteiger partial charge is 0.390 e. The minimum Gasteiger partial charge on any atom is -0.390 e. The molecule has 76 valence electrons. The predicted octanol–water partition coefficient (Wildman–Crippen LogP) is 3.12. The van der Waals surface area contributed by atoms with Crippen LogP contribution >= 0.6 is 0 Å². The Bertz CT molecular complexity index is 178. The Morgan fingerprint density at radius 2 is 1.85 bits per heavy atom. The van der Waals surface area contributed by atoms with E-state index in [1.807, 2.05) is 0 Å². The van der Waals surface area contributed by atoms with Crippen molar-refractivity contribution < 1.29 is 5.11 Å². The summed E-state index contributed by atoms with van der Waals surface area (Å²) in [7, 11) is 0. The Morgan fingerprint density at radius 1 is 1.15 bits per heavy atom. The lowest BCUT2D eigenvalue weighted by molar-refractivity contribution is -0.0474. The Kier molecular flexibility index (Phi) is 2.64. The fourth-order valence-electron chi connectivity index (χ4n) is 3.30. The van der Waals surface area contributed by atoms with E-state index in [-0.39, 0.29) is 5.60 Å². The quantitative estimate of drug-likeness (QED) is 0.660. The van der Waals surface area contributed by atoms with Crippen molar-refractivity contribution in [1.82, 2.24) is 0 Å². The second kappa shape index (κ2) is 3.61. The van der Waals surface area contributed by atoms with Crippen molar-refractivity contribution in [2.45, 2.75) is 63.9 Å². The molecule has 2 aliphatic carbocycles. The summed E-state index contributed by atoms with van der Waals surface area (Å²) >= 11 is 0. The zero-order valence-corrected chi connectivity index (χ0v) is 8.76. The monoisotopic (exact) mass is 182 g/mol. The minimum atomic E-state index is -0.293. The molecule has 0 aliphatic heterocycles. The summed E-state index contributed by atoms with van der Waals surface area (Å²) < 4.78 is 0. The lowest BCUT2D eigenvalue weighted by Crippen LogP contribution is -2.39. The molecular formula is C12H22O. The number of aliphatic hydroxyl groups is 1. The molecule has 13 heavy (non-hydrogen) atoms. The summed E-state index contributed by atoms with van der Waals surface area (Å²) in [6.07, 6.45) is 10.0. The Hall–Kier alpha value is -0.0400. The van der Waals surface area contributed by atoms with Gasteiger partial charge in [0.1, 0.15) is 0 Å². The van der Waals surface area contributed by atoms with Crippen LogP contribution in [0.4, 0.5) is 0 Å². The first kappa shape index (κ1) is 9.51. The third-order valence-electron chi connectivity index (χ3n) is 4.35. The average Bonchev–Trinajstić information content (AvgIpc) is 2.18. The fourth-order valence-corrected chi connectivity index (χ4v) is 3.30. The summed E-state index contributed by atoms with van der Waals surface area (Å²) in [4.78, 5) is 0. The van der Waals surface area contributed by atoms with Gasteiger partial charge in [-0.15, -0.1) is 0 Å². The van der Waals surface area contributed by atoms with E-state index >= 15 is 0 Å². The molecule has 0 aromatic carbocycles. The standard InChI is InChI=1S/C12H22O/c1-2-12(13)8-7-10-5-3-4-6-11(10)9-12/h10-11,13H,2-9H2,1H3. The van der Waals surface area contributed by atoms with E-state index in [2.05, 4.69) is 6.92 Å². The number of rotatable bonds is 1. The van der Waals surface area contributed by atoms with Crippen LogP contribution in [0.15, 0.2) is 0 Å². The van der Waals surface area contributed by atoms with Crippen LogP contribution in [0.25, 0.3) is 0 Å². The van der Waals surface area contributed by atoms with E-state index in [0.29, 0.717) is 0 Å². The molecule has 2 saturated carbocycles. The maximum absolute atomic E-state index is 10.2. The van der Waals surface area contributed by atoms with Crippen molar-refractivity contribution >= 4 is 0 Å².